The van der Waals surface area contributed by atoms with Gasteiger partial charge in [-0.15, -0.1) is 0 Å². The zero-order valence-electron chi connectivity index (χ0n) is 6.09. The zero-order valence-corrected chi connectivity index (χ0v) is 6.09. The molecule has 1 saturated carbocycles. The van der Waals surface area contributed by atoms with Crippen molar-refractivity contribution < 1.29 is 0 Å². The molecule has 0 spiro atoms. The van der Waals surface area contributed by atoms with Crippen LogP contribution < -0.4 is 0 Å². The van der Waals surface area contributed by atoms with Crippen LogP contribution in [0.15, 0.2) is 4.99 Å². The first-order valence-corrected chi connectivity index (χ1v) is 3.70. The highest BCUT2D eigenvalue weighted by Crippen LogP contribution is 2.51. The molecule has 1 aliphatic carbocycles. The topological polar surface area (TPSA) is 12.4 Å². The molecule has 2 unspecified atom stereocenters. The fraction of sp³-hybridized carbons (Fsp3) is 0.875. The van der Waals surface area contributed by atoms with Gasteiger partial charge in [-0.1, -0.05) is 13.8 Å². The van der Waals surface area contributed by atoms with Crippen molar-refractivity contribution in [2.24, 2.45) is 22.2 Å². The molecule has 0 bridgehead atoms. The third kappa shape index (κ3) is 0.577. The first-order chi connectivity index (χ1) is 4.20. The molecule has 50 valence electrons. The van der Waals surface area contributed by atoms with Gasteiger partial charge in [0.2, 0.25) is 0 Å². The molecular formula is C8H13N. The molecule has 1 aliphatic heterocycles. The van der Waals surface area contributed by atoms with E-state index in [1.54, 1.807) is 0 Å². The quantitative estimate of drug-likeness (QED) is 0.465. The summed E-state index contributed by atoms with van der Waals surface area (Å²) >= 11 is 0. The molecule has 1 nitrogen and oxygen atoms in total. The van der Waals surface area contributed by atoms with Gasteiger partial charge in [-0.3, -0.25) is 4.99 Å². The van der Waals surface area contributed by atoms with Gasteiger partial charge in [-0.05, 0) is 17.8 Å². The van der Waals surface area contributed by atoms with Gasteiger partial charge in [0.05, 0.1) is 0 Å². The van der Waals surface area contributed by atoms with Crippen LogP contribution >= 0.6 is 0 Å². The minimum absolute atomic E-state index is 0.574. The van der Waals surface area contributed by atoms with E-state index in [1.807, 2.05) is 0 Å². The lowest BCUT2D eigenvalue weighted by Gasteiger charge is -2.46. The second kappa shape index (κ2) is 1.39. The third-order valence-corrected chi connectivity index (χ3v) is 2.80. The van der Waals surface area contributed by atoms with Crippen molar-refractivity contribution in [2.75, 3.05) is 6.54 Å². The van der Waals surface area contributed by atoms with E-state index in [1.165, 1.54) is 6.42 Å². The standard InChI is InChI=1S/C8H13N/c1-8(2)3-6-4-9-5-7(6)8/h5-7H,3-4H2,1-2H3. The van der Waals surface area contributed by atoms with Crippen LogP contribution in [0.25, 0.3) is 0 Å². The van der Waals surface area contributed by atoms with Crippen LogP contribution in [0.5, 0.6) is 0 Å². The molecule has 0 N–H and O–H groups in total. The fourth-order valence-electron chi connectivity index (χ4n) is 2.23. The number of hydrogen-bond acceptors (Lipinski definition) is 1. The lowest BCUT2D eigenvalue weighted by atomic mass is 9.57. The molecule has 1 heteroatoms. The van der Waals surface area contributed by atoms with Gasteiger partial charge in [-0.2, -0.15) is 0 Å². The molecular weight excluding hydrogens is 110 g/mol. The van der Waals surface area contributed by atoms with E-state index in [-0.39, 0.29) is 0 Å². The van der Waals surface area contributed by atoms with Crippen molar-refractivity contribution in [2.45, 2.75) is 20.3 Å². The van der Waals surface area contributed by atoms with Crippen molar-refractivity contribution in [3.05, 3.63) is 0 Å². The summed E-state index contributed by atoms with van der Waals surface area (Å²) in [6.07, 6.45) is 3.55. The molecule has 2 atom stereocenters. The second-order valence-corrected chi connectivity index (χ2v) is 3.99. The number of aliphatic imine (C=N–C) groups is 1. The van der Waals surface area contributed by atoms with Gasteiger partial charge < -0.3 is 0 Å². The highest BCUT2D eigenvalue weighted by atomic mass is 14.8. The number of rotatable bonds is 0. The minimum Gasteiger partial charge on any atom is -0.297 e. The molecule has 1 heterocycles. The van der Waals surface area contributed by atoms with Gasteiger partial charge in [0.1, 0.15) is 0 Å². The maximum absolute atomic E-state index is 4.28. The summed E-state index contributed by atoms with van der Waals surface area (Å²) in [7, 11) is 0. The highest BCUT2D eigenvalue weighted by Gasteiger charge is 2.47. The molecule has 0 amide bonds. The largest absolute Gasteiger partial charge is 0.297 e. The summed E-state index contributed by atoms with van der Waals surface area (Å²) in [5.74, 6) is 1.73. The molecule has 0 radical (unpaired) electrons. The maximum atomic E-state index is 4.28. The van der Waals surface area contributed by atoms with Crippen molar-refractivity contribution >= 4 is 6.21 Å². The molecule has 0 aromatic rings. The van der Waals surface area contributed by atoms with Gasteiger partial charge in [0.15, 0.2) is 0 Å². The van der Waals surface area contributed by atoms with Crippen LogP contribution in [0.2, 0.25) is 0 Å². The van der Waals surface area contributed by atoms with Gasteiger partial charge in [0, 0.05) is 18.7 Å². The number of fused-ring (bicyclic) bond motifs is 1. The molecule has 2 rings (SSSR count). The van der Waals surface area contributed by atoms with Crippen LogP contribution in [-0.4, -0.2) is 12.8 Å². The molecule has 0 aromatic carbocycles. The lowest BCUT2D eigenvalue weighted by molar-refractivity contribution is 0.0615. The Morgan fingerprint density at radius 3 is 2.78 bits per heavy atom. The van der Waals surface area contributed by atoms with Crippen molar-refractivity contribution in [1.29, 1.82) is 0 Å². The van der Waals surface area contributed by atoms with E-state index in [2.05, 4.69) is 25.1 Å². The van der Waals surface area contributed by atoms with E-state index in [0.717, 1.165) is 18.4 Å². The SMILES string of the molecule is CC1(C)CC2CN=CC21. The van der Waals surface area contributed by atoms with Crippen LogP contribution in [0, 0.1) is 17.3 Å². The predicted molar refractivity (Wildman–Crippen MR) is 38.7 cm³/mol. The van der Waals surface area contributed by atoms with Crippen LogP contribution in [-0.2, 0) is 0 Å². The lowest BCUT2D eigenvalue weighted by Crippen LogP contribution is -2.43. The Hall–Kier alpha value is -0.330. The average molecular weight is 123 g/mol. The van der Waals surface area contributed by atoms with Crippen molar-refractivity contribution in [3.63, 3.8) is 0 Å². The Morgan fingerprint density at radius 2 is 2.33 bits per heavy atom. The molecule has 1 fully saturated rings. The number of hydrogen-bond donors (Lipinski definition) is 0. The Labute approximate surface area is 56.2 Å². The minimum atomic E-state index is 0.574. The summed E-state index contributed by atoms with van der Waals surface area (Å²) in [5.41, 5.74) is 0.574. The smallest absolute Gasteiger partial charge is 0.0420 e. The molecule has 0 saturated heterocycles. The fourth-order valence-corrected chi connectivity index (χ4v) is 2.23. The first-order valence-electron chi connectivity index (χ1n) is 3.70. The van der Waals surface area contributed by atoms with E-state index < -0.39 is 0 Å². The molecule has 9 heavy (non-hydrogen) atoms. The van der Waals surface area contributed by atoms with E-state index >= 15 is 0 Å². The summed E-state index contributed by atoms with van der Waals surface area (Å²) in [6, 6.07) is 0. The normalized spacial score (nSPS) is 44.2. The van der Waals surface area contributed by atoms with E-state index in [9.17, 15) is 0 Å². The van der Waals surface area contributed by atoms with Gasteiger partial charge in [0.25, 0.3) is 0 Å². The Kier molecular flexibility index (Phi) is 0.842. The summed E-state index contributed by atoms with van der Waals surface area (Å²) in [4.78, 5) is 4.28. The summed E-state index contributed by atoms with van der Waals surface area (Å²) in [6.45, 7) is 5.78. The Bertz CT molecular complexity index is 158. The van der Waals surface area contributed by atoms with Crippen LogP contribution in [0.3, 0.4) is 0 Å². The Balaban J connectivity index is 2.16. The maximum Gasteiger partial charge on any atom is 0.0420 e. The van der Waals surface area contributed by atoms with Crippen LogP contribution in [0.1, 0.15) is 20.3 Å². The predicted octanol–water partition coefficient (Wildman–Crippen LogP) is 1.73. The van der Waals surface area contributed by atoms with Crippen molar-refractivity contribution in [1.82, 2.24) is 0 Å². The monoisotopic (exact) mass is 123 g/mol. The van der Waals surface area contributed by atoms with Gasteiger partial charge in [-0.25, -0.2) is 0 Å². The molecule has 2 aliphatic rings. The van der Waals surface area contributed by atoms with E-state index in [0.29, 0.717) is 5.41 Å². The first kappa shape index (κ1) is 5.45. The average Bonchev–Trinajstić information content (AvgIpc) is 2.10. The summed E-state index contributed by atoms with van der Waals surface area (Å²) < 4.78 is 0. The van der Waals surface area contributed by atoms with Gasteiger partial charge >= 0.3 is 0 Å². The Morgan fingerprint density at radius 1 is 1.56 bits per heavy atom. The van der Waals surface area contributed by atoms with Crippen molar-refractivity contribution in [3.8, 4) is 0 Å². The summed E-state index contributed by atoms with van der Waals surface area (Å²) in [5, 5.41) is 0. The molecule has 0 aromatic heterocycles. The second-order valence-electron chi connectivity index (χ2n) is 3.99. The highest BCUT2D eigenvalue weighted by molar-refractivity contribution is 5.66. The zero-order chi connectivity index (χ0) is 6.48. The third-order valence-electron chi connectivity index (χ3n) is 2.80. The number of nitrogens with zero attached hydrogens (tertiary/aromatic N) is 1. The van der Waals surface area contributed by atoms with E-state index in [4.69, 9.17) is 0 Å². The van der Waals surface area contributed by atoms with Crippen LogP contribution in [0.4, 0.5) is 0 Å².